The number of nitrogen functional groups attached to an aromatic ring is 1. The highest BCUT2D eigenvalue weighted by Crippen LogP contribution is 2.21. The minimum absolute atomic E-state index is 0.175. The lowest BCUT2D eigenvalue weighted by atomic mass is 10.2. The molecule has 1 unspecified atom stereocenters. The Balaban J connectivity index is 1.79. The first kappa shape index (κ1) is 13.4. The van der Waals surface area contributed by atoms with Crippen molar-refractivity contribution in [3.05, 3.63) is 24.3 Å². The van der Waals surface area contributed by atoms with Gasteiger partial charge in [0.2, 0.25) is 0 Å². The predicted molar refractivity (Wildman–Crippen MR) is 80.6 cm³/mol. The zero-order chi connectivity index (χ0) is 14.1. The van der Waals surface area contributed by atoms with Gasteiger partial charge >= 0.3 is 0 Å². The van der Waals surface area contributed by atoms with Gasteiger partial charge in [-0.2, -0.15) is 5.10 Å². The van der Waals surface area contributed by atoms with Crippen LogP contribution in [0.3, 0.4) is 0 Å². The molecule has 0 amide bonds. The molecule has 1 fully saturated rings. The van der Waals surface area contributed by atoms with Crippen LogP contribution in [0.2, 0.25) is 0 Å². The average molecular weight is 274 g/mol. The minimum atomic E-state index is 0.175. The molecule has 1 aliphatic heterocycles. The number of nitrogens with two attached hydrogens (primary N) is 1. The van der Waals surface area contributed by atoms with Gasteiger partial charge in [0.05, 0.1) is 24.8 Å². The molecule has 1 atom stereocenters. The summed E-state index contributed by atoms with van der Waals surface area (Å²) < 4.78 is 7.85. The van der Waals surface area contributed by atoms with Crippen molar-refractivity contribution < 1.29 is 4.74 Å². The number of aromatic nitrogens is 2. The van der Waals surface area contributed by atoms with E-state index < -0.39 is 0 Å². The van der Waals surface area contributed by atoms with Crippen LogP contribution in [0.1, 0.15) is 13.8 Å². The van der Waals surface area contributed by atoms with Crippen molar-refractivity contribution >= 4 is 16.7 Å². The van der Waals surface area contributed by atoms with Gasteiger partial charge in [0.15, 0.2) is 5.82 Å². The Morgan fingerprint density at radius 1 is 1.40 bits per heavy atom. The first-order chi connectivity index (χ1) is 9.65. The van der Waals surface area contributed by atoms with Gasteiger partial charge in [-0.1, -0.05) is 12.1 Å². The molecule has 2 N–H and O–H groups in total. The van der Waals surface area contributed by atoms with Crippen LogP contribution in [0.25, 0.3) is 10.9 Å². The Hall–Kier alpha value is -1.59. The molecule has 0 spiro atoms. The molecular formula is C15H22N4O. The van der Waals surface area contributed by atoms with Crippen molar-refractivity contribution in [3.63, 3.8) is 0 Å². The molecule has 108 valence electrons. The highest BCUT2D eigenvalue weighted by Gasteiger charge is 2.23. The molecule has 0 aliphatic carbocycles. The average Bonchev–Trinajstić information content (AvgIpc) is 2.76. The number of rotatable bonds is 3. The van der Waals surface area contributed by atoms with E-state index in [2.05, 4.69) is 29.9 Å². The Kier molecular flexibility index (Phi) is 3.63. The van der Waals surface area contributed by atoms with Crippen molar-refractivity contribution in [3.8, 4) is 0 Å². The van der Waals surface area contributed by atoms with Gasteiger partial charge in [-0.05, 0) is 26.0 Å². The van der Waals surface area contributed by atoms with Crippen molar-refractivity contribution in [2.24, 2.45) is 0 Å². The molecule has 1 aromatic heterocycles. The van der Waals surface area contributed by atoms with E-state index in [9.17, 15) is 0 Å². The lowest BCUT2D eigenvalue weighted by Crippen LogP contribution is -2.47. The van der Waals surface area contributed by atoms with E-state index in [1.807, 2.05) is 22.9 Å². The highest BCUT2D eigenvalue weighted by molar-refractivity contribution is 5.88. The highest BCUT2D eigenvalue weighted by atomic mass is 16.5. The number of benzene rings is 1. The van der Waals surface area contributed by atoms with Gasteiger partial charge in [0.25, 0.3) is 0 Å². The summed E-state index contributed by atoms with van der Waals surface area (Å²) in [6.45, 7) is 7.95. The summed E-state index contributed by atoms with van der Waals surface area (Å²) in [4.78, 5) is 2.45. The van der Waals surface area contributed by atoms with Gasteiger partial charge in [-0.25, -0.2) is 0 Å². The van der Waals surface area contributed by atoms with E-state index in [1.54, 1.807) is 0 Å². The topological polar surface area (TPSA) is 56.3 Å². The quantitative estimate of drug-likeness (QED) is 0.926. The number of anilines is 1. The Morgan fingerprint density at radius 3 is 3.00 bits per heavy atom. The summed E-state index contributed by atoms with van der Waals surface area (Å²) in [6.07, 6.45) is 0.175. The van der Waals surface area contributed by atoms with E-state index in [4.69, 9.17) is 10.5 Å². The van der Waals surface area contributed by atoms with Crippen LogP contribution in [0.4, 0.5) is 5.82 Å². The van der Waals surface area contributed by atoms with Gasteiger partial charge < -0.3 is 10.5 Å². The summed E-state index contributed by atoms with van der Waals surface area (Å²) in [7, 11) is 0. The fourth-order valence-electron chi connectivity index (χ4n) is 2.81. The smallest absolute Gasteiger partial charge is 0.153 e. The monoisotopic (exact) mass is 274 g/mol. The fraction of sp³-hybridized carbons (Fsp3) is 0.533. The number of nitrogens with zero attached hydrogens (tertiary/aromatic N) is 3. The molecule has 0 bridgehead atoms. The maximum Gasteiger partial charge on any atom is 0.153 e. The lowest BCUT2D eigenvalue weighted by molar-refractivity contribution is -0.0464. The molecule has 0 radical (unpaired) electrons. The van der Waals surface area contributed by atoms with Gasteiger partial charge in [0.1, 0.15) is 0 Å². The van der Waals surface area contributed by atoms with Gasteiger partial charge in [0, 0.05) is 24.5 Å². The molecule has 5 nitrogen and oxygen atoms in total. The lowest BCUT2D eigenvalue weighted by Gasteiger charge is -2.35. The van der Waals surface area contributed by atoms with Crippen LogP contribution in [0.15, 0.2) is 24.3 Å². The number of hydrogen-bond acceptors (Lipinski definition) is 4. The van der Waals surface area contributed by atoms with Crippen molar-refractivity contribution in [2.75, 3.05) is 25.4 Å². The van der Waals surface area contributed by atoms with Gasteiger partial charge in [-0.15, -0.1) is 0 Å². The molecule has 1 saturated heterocycles. The molecule has 20 heavy (non-hydrogen) atoms. The van der Waals surface area contributed by atoms with Crippen molar-refractivity contribution in [1.29, 1.82) is 0 Å². The molecule has 1 aromatic carbocycles. The number of hydrogen-bond donors (Lipinski definition) is 1. The zero-order valence-corrected chi connectivity index (χ0v) is 12.1. The number of fused-ring (bicyclic) bond motifs is 1. The van der Waals surface area contributed by atoms with Crippen LogP contribution in [0.5, 0.6) is 0 Å². The van der Waals surface area contributed by atoms with E-state index in [-0.39, 0.29) is 6.10 Å². The van der Waals surface area contributed by atoms with E-state index in [1.165, 1.54) is 0 Å². The van der Waals surface area contributed by atoms with Crippen LogP contribution in [-0.2, 0) is 11.3 Å². The molecule has 0 saturated carbocycles. The third kappa shape index (κ3) is 2.51. The van der Waals surface area contributed by atoms with Crippen LogP contribution in [-0.4, -0.2) is 46.5 Å². The van der Waals surface area contributed by atoms with Crippen LogP contribution >= 0.6 is 0 Å². The Bertz CT molecular complexity index is 593. The summed E-state index contributed by atoms with van der Waals surface area (Å²) in [6, 6.07) is 8.63. The van der Waals surface area contributed by atoms with Gasteiger partial charge in [-0.3, -0.25) is 9.58 Å². The Labute approximate surface area is 119 Å². The molecule has 1 aliphatic rings. The SMILES string of the molecule is CC(C)N1CCOC(Cn2nc(N)c3ccccc32)C1. The summed E-state index contributed by atoms with van der Waals surface area (Å²) in [5.74, 6) is 0.595. The second kappa shape index (κ2) is 5.42. The van der Waals surface area contributed by atoms with E-state index in [0.29, 0.717) is 11.9 Å². The fourth-order valence-corrected chi connectivity index (χ4v) is 2.81. The standard InChI is InChI=1S/C15H22N4O/c1-11(2)18-7-8-20-12(9-18)10-19-14-6-4-3-5-13(14)15(16)17-19/h3-6,11-12H,7-10H2,1-2H3,(H2,16,17). The third-order valence-electron chi connectivity index (χ3n) is 3.96. The van der Waals surface area contributed by atoms with E-state index >= 15 is 0 Å². The summed E-state index contributed by atoms with van der Waals surface area (Å²) >= 11 is 0. The molecule has 2 heterocycles. The zero-order valence-electron chi connectivity index (χ0n) is 12.1. The summed E-state index contributed by atoms with van der Waals surface area (Å²) in [5, 5.41) is 5.47. The number of morpholine rings is 1. The number of ether oxygens (including phenoxy) is 1. The molecule has 2 aromatic rings. The predicted octanol–water partition coefficient (Wildman–Crippen LogP) is 1.73. The largest absolute Gasteiger partial charge is 0.382 e. The normalized spacial score (nSPS) is 20.9. The van der Waals surface area contributed by atoms with Crippen LogP contribution < -0.4 is 5.73 Å². The molecule has 3 rings (SSSR count). The van der Waals surface area contributed by atoms with Crippen molar-refractivity contribution in [2.45, 2.75) is 32.5 Å². The molecule has 5 heteroatoms. The summed E-state index contributed by atoms with van der Waals surface area (Å²) in [5.41, 5.74) is 7.05. The second-order valence-corrected chi connectivity index (χ2v) is 5.67. The third-order valence-corrected chi connectivity index (χ3v) is 3.96. The van der Waals surface area contributed by atoms with Crippen molar-refractivity contribution in [1.82, 2.24) is 14.7 Å². The minimum Gasteiger partial charge on any atom is -0.382 e. The first-order valence-corrected chi connectivity index (χ1v) is 7.22. The maximum absolute atomic E-state index is 5.97. The maximum atomic E-state index is 5.97. The van der Waals surface area contributed by atoms with Crippen LogP contribution in [0, 0.1) is 0 Å². The molecular weight excluding hydrogens is 252 g/mol. The second-order valence-electron chi connectivity index (χ2n) is 5.67. The van der Waals surface area contributed by atoms with E-state index in [0.717, 1.165) is 37.1 Å². The number of para-hydroxylation sites is 1. The Morgan fingerprint density at radius 2 is 2.20 bits per heavy atom. The first-order valence-electron chi connectivity index (χ1n) is 7.22.